The molecule has 0 unspecified atom stereocenters. The zero-order chi connectivity index (χ0) is 20.9. The molecule has 1 aliphatic heterocycles. The molecule has 4 rings (SSSR count). The third kappa shape index (κ3) is 3.91. The van der Waals surface area contributed by atoms with Crippen LogP contribution in [0.15, 0.2) is 71.7 Å². The van der Waals surface area contributed by atoms with Gasteiger partial charge in [0, 0.05) is 18.3 Å². The van der Waals surface area contributed by atoms with E-state index in [9.17, 15) is 9.59 Å². The highest BCUT2D eigenvalue weighted by Crippen LogP contribution is 2.28. The largest absolute Gasteiger partial charge is 0.421 e. The zero-order valence-electron chi connectivity index (χ0n) is 16.1. The topological polar surface area (TPSA) is 105 Å². The second-order valence-electron chi connectivity index (χ2n) is 6.28. The smallest absolute Gasteiger partial charge is 0.348 e. The molecule has 0 spiro atoms. The van der Waals surface area contributed by atoms with Crippen molar-refractivity contribution in [1.29, 1.82) is 0 Å². The van der Waals surface area contributed by atoms with Crippen molar-refractivity contribution in [3.63, 3.8) is 0 Å². The predicted octanol–water partition coefficient (Wildman–Crippen LogP) is 3.03. The molecule has 0 aliphatic carbocycles. The molecule has 0 bridgehead atoms. The third-order valence-corrected chi connectivity index (χ3v) is 4.31. The Hall–Kier alpha value is -3.98. The van der Waals surface area contributed by atoms with Crippen molar-refractivity contribution >= 4 is 17.3 Å². The Morgan fingerprint density at radius 1 is 1.23 bits per heavy atom. The van der Waals surface area contributed by atoms with Crippen molar-refractivity contribution in [1.82, 2.24) is 14.8 Å². The van der Waals surface area contributed by atoms with Gasteiger partial charge in [-0.05, 0) is 19.1 Å². The van der Waals surface area contributed by atoms with Crippen LogP contribution < -0.4 is 10.9 Å². The summed E-state index contributed by atoms with van der Waals surface area (Å²) in [5, 5.41) is 7.44. The quantitative estimate of drug-likeness (QED) is 0.492. The molecule has 9 nitrogen and oxygen atoms in total. The number of nitrogens with zero attached hydrogens (tertiary/aromatic N) is 3. The molecule has 2 aromatic heterocycles. The molecule has 1 N–H and O–H groups in total. The van der Waals surface area contributed by atoms with E-state index in [2.05, 4.69) is 20.3 Å². The first kappa shape index (κ1) is 19.3. The lowest BCUT2D eigenvalue weighted by molar-refractivity contribution is -0.222. The fourth-order valence-corrected chi connectivity index (χ4v) is 2.92. The lowest BCUT2D eigenvalue weighted by Gasteiger charge is -2.16. The molecule has 0 saturated heterocycles. The number of esters is 1. The van der Waals surface area contributed by atoms with E-state index in [1.807, 2.05) is 18.2 Å². The van der Waals surface area contributed by atoms with Crippen LogP contribution in [0.4, 0.5) is 11.4 Å². The molecule has 9 heteroatoms. The molecule has 1 aliphatic rings. The lowest BCUT2D eigenvalue weighted by Crippen LogP contribution is -2.29. The van der Waals surface area contributed by atoms with Crippen molar-refractivity contribution in [3.8, 4) is 11.3 Å². The van der Waals surface area contributed by atoms with Gasteiger partial charge in [0.05, 0.1) is 11.9 Å². The van der Waals surface area contributed by atoms with Crippen LogP contribution >= 0.6 is 0 Å². The molecule has 3 heterocycles. The van der Waals surface area contributed by atoms with Gasteiger partial charge >= 0.3 is 5.97 Å². The molecule has 30 heavy (non-hydrogen) atoms. The minimum absolute atomic E-state index is 0.00699. The van der Waals surface area contributed by atoms with Gasteiger partial charge in [0.1, 0.15) is 16.9 Å². The second kappa shape index (κ2) is 8.58. The number of carbonyl (C=O) groups excluding carboxylic acids is 1. The summed E-state index contributed by atoms with van der Waals surface area (Å²) in [6, 6.07) is 12.6. The van der Waals surface area contributed by atoms with Gasteiger partial charge < -0.3 is 14.9 Å². The van der Waals surface area contributed by atoms with E-state index in [1.165, 1.54) is 10.9 Å². The summed E-state index contributed by atoms with van der Waals surface area (Å²) in [5.74, 6) is -0.570. The Labute approximate surface area is 171 Å². The third-order valence-electron chi connectivity index (χ3n) is 4.31. The fraction of sp³-hybridized carbons (Fsp3) is 0.143. The first-order valence-corrected chi connectivity index (χ1v) is 9.24. The summed E-state index contributed by atoms with van der Waals surface area (Å²) in [7, 11) is 0. The molecule has 1 aromatic carbocycles. The van der Waals surface area contributed by atoms with Crippen molar-refractivity contribution in [2.24, 2.45) is 0 Å². The number of benzene rings is 1. The van der Waals surface area contributed by atoms with E-state index >= 15 is 0 Å². The number of aryl methyl sites for hydroxylation is 1. The van der Waals surface area contributed by atoms with Gasteiger partial charge in [0.2, 0.25) is 0 Å². The summed E-state index contributed by atoms with van der Waals surface area (Å²) >= 11 is 0. The Morgan fingerprint density at radius 2 is 2.07 bits per heavy atom. The summed E-state index contributed by atoms with van der Waals surface area (Å²) in [6.07, 6.45) is 4.35. The van der Waals surface area contributed by atoms with Crippen molar-refractivity contribution in [2.45, 2.75) is 13.5 Å². The number of pyridine rings is 1. The molecule has 0 fully saturated rings. The molecule has 0 amide bonds. The first-order valence-electron chi connectivity index (χ1n) is 9.24. The molecule has 0 saturated carbocycles. The Bertz CT molecular complexity index is 1140. The average molecular weight is 406 g/mol. The number of carbonyl (C=O) groups is 1. The van der Waals surface area contributed by atoms with Gasteiger partial charge in [-0.1, -0.05) is 30.3 Å². The number of aromatic nitrogens is 3. The van der Waals surface area contributed by atoms with Crippen LogP contribution in [0, 0.1) is 0 Å². The standard InChI is InChI=1S/C21H18N4O5/c1-2-25-20(26)19(23-15-9-6-10-22-11-15)17(21(27)30-16-12-28-29-13-16)18(24-25)14-7-4-3-5-8-14/h3-12,23H,2,13H2,1H3. The van der Waals surface area contributed by atoms with E-state index in [-0.39, 0.29) is 23.6 Å². The van der Waals surface area contributed by atoms with Crippen LogP contribution in [0.5, 0.6) is 0 Å². The minimum Gasteiger partial charge on any atom is -0.421 e. The average Bonchev–Trinajstić information content (AvgIpc) is 3.29. The Kier molecular flexibility index (Phi) is 5.53. The molecular formula is C21H18N4O5. The number of hydrogen-bond donors (Lipinski definition) is 1. The predicted molar refractivity (Wildman–Crippen MR) is 108 cm³/mol. The Balaban J connectivity index is 1.91. The fourth-order valence-electron chi connectivity index (χ4n) is 2.92. The van der Waals surface area contributed by atoms with E-state index in [4.69, 9.17) is 9.62 Å². The summed E-state index contributed by atoms with van der Waals surface area (Å²) in [5.41, 5.74) is 1.11. The maximum Gasteiger partial charge on any atom is 0.348 e. The monoisotopic (exact) mass is 406 g/mol. The Morgan fingerprint density at radius 3 is 2.73 bits per heavy atom. The SMILES string of the molecule is CCn1nc(-c2ccccc2)c(C(=O)OC2=COOC2)c(Nc2cccnc2)c1=O. The molecular weight excluding hydrogens is 388 g/mol. The number of rotatable bonds is 6. The number of hydrogen-bond acceptors (Lipinski definition) is 8. The van der Waals surface area contributed by atoms with Crippen LogP contribution in [-0.2, 0) is 21.1 Å². The van der Waals surface area contributed by atoms with Crippen molar-refractivity contribution < 1.29 is 19.3 Å². The van der Waals surface area contributed by atoms with Gasteiger partial charge in [-0.25, -0.2) is 9.48 Å². The van der Waals surface area contributed by atoms with Crippen LogP contribution in [0.1, 0.15) is 17.3 Å². The van der Waals surface area contributed by atoms with Crippen molar-refractivity contribution in [2.75, 3.05) is 11.9 Å². The summed E-state index contributed by atoms with van der Waals surface area (Å²) in [4.78, 5) is 39.7. The van der Waals surface area contributed by atoms with Crippen LogP contribution in [0.2, 0.25) is 0 Å². The number of nitrogens with one attached hydrogen (secondary N) is 1. The number of anilines is 2. The van der Waals surface area contributed by atoms with Crippen molar-refractivity contribution in [3.05, 3.63) is 82.8 Å². The van der Waals surface area contributed by atoms with E-state index in [0.717, 1.165) is 0 Å². The molecule has 0 atom stereocenters. The zero-order valence-corrected chi connectivity index (χ0v) is 16.1. The number of ether oxygens (including phenoxy) is 1. The van der Waals surface area contributed by atoms with Crippen LogP contribution in [0.25, 0.3) is 11.3 Å². The molecule has 152 valence electrons. The van der Waals surface area contributed by atoms with E-state index < -0.39 is 11.5 Å². The normalized spacial score (nSPS) is 12.8. The lowest BCUT2D eigenvalue weighted by atomic mass is 10.0. The second-order valence-corrected chi connectivity index (χ2v) is 6.28. The van der Waals surface area contributed by atoms with E-state index in [1.54, 1.807) is 43.6 Å². The highest BCUT2D eigenvalue weighted by atomic mass is 17.2. The summed E-state index contributed by atoms with van der Waals surface area (Å²) in [6.45, 7) is 2.10. The maximum atomic E-state index is 13.1. The van der Waals surface area contributed by atoms with Gasteiger partial charge in [0.15, 0.2) is 18.6 Å². The highest BCUT2D eigenvalue weighted by molar-refractivity contribution is 6.02. The van der Waals surface area contributed by atoms with Gasteiger partial charge in [0.25, 0.3) is 5.56 Å². The minimum atomic E-state index is -0.756. The van der Waals surface area contributed by atoms with Gasteiger partial charge in [-0.2, -0.15) is 9.99 Å². The summed E-state index contributed by atoms with van der Waals surface area (Å²) < 4.78 is 6.69. The maximum absolute atomic E-state index is 13.1. The highest BCUT2D eigenvalue weighted by Gasteiger charge is 2.27. The first-order chi connectivity index (χ1) is 14.7. The molecule has 3 aromatic rings. The van der Waals surface area contributed by atoms with Crippen LogP contribution in [-0.4, -0.2) is 27.3 Å². The van der Waals surface area contributed by atoms with Gasteiger partial charge in [-0.3, -0.25) is 9.78 Å². The van der Waals surface area contributed by atoms with E-state index in [0.29, 0.717) is 23.5 Å². The molecule has 0 radical (unpaired) electrons. The van der Waals surface area contributed by atoms with Gasteiger partial charge in [-0.15, -0.1) is 0 Å². The van der Waals surface area contributed by atoms with Crippen LogP contribution in [0.3, 0.4) is 0 Å².